The normalized spacial score (nSPS) is 20.6. The molecule has 0 aliphatic carbocycles. The van der Waals surface area contributed by atoms with E-state index in [0.717, 1.165) is 0 Å². The third-order valence-electron chi connectivity index (χ3n) is 2.87. The average molecular weight is 343 g/mol. The Bertz CT molecular complexity index is 372. The van der Waals surface area contributed by atoms with Gasteiger partial charge in [0.25, 0.3) is 5.54 Å². The van der Waals surface area contributed by atoms with Crippen molar-refractivity contribution in [3.8, 4) is 0 Å². The van der Waals surface area contributed by atoms with Crippen LogP contribution >= 0.6 is 0 Å². The van der Waals surface area contributed by atoms with Crippen LogP contribution in [0.25, 0.3) is 0 Å². The van der Waals surface area contributed by atoms with Gasteiger partial charge in [-0.05, 0) is 0 Å². The molecule has 21 heavy (non-hydrogen) atoms. The minimum atomic E-state index is -6.91. The Balaban J connectivity index is 3.52. The molecule has 0 radical (unpaired) electrons. The number of hydrogen-bond donors (Lipinski definition) is 0. The first-order chi connectivity index (χ1) is 9.01. The standard InChI is InChI=1S/C8H5F12N/c9-3(5(10,11)8(18,19)20)4(6(12,13)14,7(15,16)17)21-1-2-21/h3H,1-2H2. The van der Waals surface area contributed by atoms with Crippen molar-refractivity contribution in [2.75, 3.05) is 13.1 Å². The molecule has 1 saturated heterocycles. The van der Waals surface area contributed by atoms with Crippen LogP contribution in [0.3, 0.4) is 0 Å². The van der Waals surface area contributed by atoms with Crippen LogP contribution in [-0.4, -0.2) is 54.2 Å². The Morgan fingerprint density at radius 2 is 0.952 bits per heavy atom. The Morgan fingerprint density at radius 1 is 0.619 bits per heavy atom. The van der Waals surface area contributed by atoms with E-state index in [1.54, 1.807) is 0 Å². The molecule has 0 bridgehead atoms. The van der Waals surface area contributed by atoms with Crippen molar-refractivity contribution in [1.82, 2.24) is 4.90 Å². The summed E-state index contributed by atoms with van der Waals surface area (Å²) in [6, 6.07) is 0. The van der Waals surface area contributed by atoms with Crippen molar-refractivity contribution in [2.45, 2.75) is 36.2 Å². The van der Waals surface area contributed by atoms with Crippen LogP contribution in [0.4, 0.5) is 52.7 Å². The van der Waals surface area contributed by atoms with E-state index in [-0.39, 0.29) is 0 Å². The molecule has 0 aromatic carbocycles. The predicted molar refractivity (Wildman–Crippen MR) is 42.3 cm³/mol. The van der Waals surface area contributed by atoms with Crippen LogP contribution in [0.1, 0.15) is 0 Å². The summed E-state index contributed by atoms with van der Waals surface area (Å²) in [5, 5.41) is 0. The van der Waals surface area contributed by atoms with Gasteiger partial charge < -0.3 is 0 Å². The molecule has 0 saturated carbocycles. The van der Waals surface area contributed by atoms with Gasteiger partial charge in [-0.2, -0.15) is 48.3 Å². The van der Waals surface area contributed by atoms with Crippen LogP contribution in [-0.2, 0) is 0 Å². The lowest BCUT2D eigenvalue weighted by atomic mass is 9.87. The smallest absolute Gasteiger partial charge is 0.277 e. The predicted octanol–water partition coefficient (Wildman–Crippen LogP) is 3.70. The maximum absolute atomic E-state index is 13.3. The fourth-order valence-electron chi connectivity index (χ4n) is 1.78. The maximum Gasteiger partial charge on any atom is 0.456 e. The fraction of sp³-hybridized carbons (Fsp3) is 1.00. The van der Waals surface area contributed by atoms with Crippen molar-refractivity contribution in [3.63, 3.8) is 0 Å². The zero-order valence-electron chi connectivity index (χ0n) is 9.47. The van der Waals surface area contributed by atoms with Crippen molar-refractivity contribution >= 4 is 0 Å². The summed E-state index contributed by atoms with van der Waals surface area (Å²) in [5.74, 6) is -6.83. The van der Waals surface area contributed by atoms with E-state index in [9.17, 15) is 52.7 Å². The monoisotopic (exact) mass is 343 g/mol. The largest absolute Gasteiger partial charge is 0.456 e. The molecular formula is C8H5F12N. The van der Waals surface area contributed by atoms with E-state index in [2.05, 4.69) is 0 Å². The zero-order valence-corrected chi connectivity index (χ0v) is 9.47. The lowest BCUT2D eigenvalue weighted by molar-refractivity contribution is -0.387. The maximum atomic E-state index is 13.3. The molecule has 126 valence electrons. The number of rotatable bonds is 3. The van der Waals surface area contributed by atoms with E-state index < -0.39 is 54.2 Å². The average Bonchev–Trinajstić information content (AvgIpc) is 2.95. The second-order valence-electron chi connectivity index (χ2n) is 4.23. The molecule has 1 aliphatic rings. The molecule has 0 amide bonds. The van der Waals surface area contributed by atoms with Gasteiger partial charge in [-0.25, -0.2) is 4.39 Å². The van der Waals surface area contributed by atoms with Crippen LogP contribution in [0.5, 0.6) is 0 Å². The van der Waals surface area contributed by atoms with E-state index in [0.29, 0.717) is 0 Å². The van der Waals surface area contributed by atoms with Gasteiger partial charge in [0, 0.05) is 13.1 Å². The molecule has 1 rings (SSSR count). The summed E-state index contributed by atoms with van der Waals surface area (Å²) < 4.78 is 150. The highest BCUT2D eigenvalue weighted by Gasteiger charge is 2.86. The van der Waals surface area contributed by atoms with Crippen molar-refractivity contribution < 1.29 is 52.7 Å². The summed E-state index contributed by atoms with van der Waals surface area (Å²) in [5.41, 5.74) is -5.92. The van der Waals surface area contributed by atoms with Crippen LogP contribution in [0.2, 0.25) is 0 Å². The van der Waals surface area contributed by atoms with E-state index in [1.807, 2.05) is 0 Å². The van der Waals surface area contributed by atoms with Gasteiger partial charge in [0.2, 0.25) is 6.17 Å². The third-order valence-corrected chi connectivity index (χ3v) is 2.87. The summed E-state index contributed by atoms with van der Waals surface area (Å²) in [6.07, 6.45) is -26.0. The molecule has 0 spiro atoms. The summed E-state index contributed by atoms with van der Waals surface area (Å²) >= 11 is 0. The first-order valence-electron chi connectivity index (χ1n) is 4.98. The molecule has 0 N–H and O–H groups in total. The Morgan fingerprint density at radius 3 is 1.14 bits per heavy atom. The molecule has 1 nitrogen and oxygen atoms in total. The Labute approximate surface area is 108 Å². The summed E-state index contributed by atoms with van der Waals surface area (Å²) in [7, 11) is 0. The van der Waals surface area contributed by atoms with Gasteiger partial charge in [-0.3, -0.25) is 4.90 Å². The number of alkyl halides is 12. The topological polar surface area (TPSA) is 3.01 Å². The second-order valence-corrected chi connectivity index (χ2v) is 4.23. The quantitative estimate of drug-likeness (QED) is 0.558. The zero-order chi connectivity index (χ0) is 17.1. The van der Waals surface area contributed by atoms with E-state index >= 15 is 0 Å². The van der Waals surface area contributed by atoms with Crippen LogP contribution < -0.4 is 0 Å². The molecule has 1 fully saturated rings. The van der Waals surface area contributed by atoms with Crippen molar-refractivity contribution in [3.05, 3.63) is 0 Å². The van der Waals surface area contributed by atoms with Gasteiger partial charge >= 0.3 is 24.5 Å². The first kappa shape index (κ1) is 18.2. The van der Waals surface area contributed by atoms with Gasteiger partial charge in [0.1, 0.15) is 0 Å². The lowest BCUT2D eigenvalue weighted by Crippen LogP contribution is -2.73. The lowest BCUT2D eigenvalue weighted by Gasteiger charge is -2.42. The molecule has 1 heterocycles. The highest BCUT2D eigenvalue weighted by molar-refractivity contribution is 5.16. The minimum absolute atomic E-state index is 0.850. The van der Waals surface area contributed by atoms with Gasteiger partial charge in [-0.15, -0.1) is 0 Å². The van der Waals surface area contributed by atoms with Crippen LogP contribution in [0, 0.1) is 0 Å². The first-order valence-corrected chi connectivity index (χ1v) is 4.98. The van der Waals surface area contributed by atoms with Gasteiger partial charge in [-0.1, -0.05) is 0 Å². The Kier molecular flexibility index (Phi) is 3.94. The molecular weight excluding hydrogens is 338 g/mol. The molecule has 0 aromatic heterocycles. The molecule has 1 aliphatic heterocycles. The SMILES string of the molecule is FC(C(F)(F)C(F)(F)F)C(N1CC1)(C(F)(F)F)C(F)(F)F. The molecule has 13 heteroatoms. The number of nitrogens with zero attached hydrogens (tertiary/aromatic N) is 1. The highest BCUT2D eigenvalue weighted by Crippen LogP contribution is 2.57. The molecule has 1 unspecified atom stereocenters. The molecule has 0 aromatic rings. The van der Waals surface area contributed by atoms with E-state index in [4.69, 9.17) is 0 Å². The van der Waals surface area contributed by atoms with Crippen molar-refractivity contribution in [2.24, 2.45) is 0 Å². The number of hydrogen-bond acceptors (Lipinski definition) is 1. The Hall–Kier alpha value is -0.880. The van der Waals surface area contributed by atoms with Crippen molar-refractivity contribution in [1.29, 1.82) is 0 Å². The highest BCUT2D eigenvalue weighted by atomic mass is 19.4. The van der Waals surface area contributed by atoms with Gasteiger partial charge in [0.05, 0.1) is 0 Å². The summed E-state index contributed by atoms with van der Waals surface area (Å²) in [4.78, 5) is -0.850. The van der Waals surface area contributed by atoms with Crippen LogP contribution in [0.15, 0.2) is 0 Å². The molecule has 1 atom stereocenters. The van der Waals surface area contributed by atoms with E-state index in [1.165, 1.54) is 0 Å². The van der Waals surface area contributed by atoms with Gasteiger partial charge in [0.15, 0.2) is 0 Å². The fourth-order valence-corrected chi connectivity index (χ4v) is 1.78. The summed E-state index contributed by atoms with van der Waals surface area (Å²) in [6.45, 7) is -2.24. The number of halogens is 12. The third kappa shape index (κ3) is 2.52. The second kappa shape index (κ2) is 4.56. The minimum Gasteiger partial charge on any atom is -0.277 e.